The molecule has 2 aliphatic rings. The minimum absolute atomic E-state index is 0.0734. The van der Waals surface area contributed by atoms with Crippen LogP contribution in [0.3, 0.4) is 0 Å². The van der Waals surface area contributed by atoms with Gasteiger partial charge in [0.05, 0.1) is 0 Å². The highest BCUT2D eigenvalue weighted by molar-refractivity contribution is 8.14. The average molecular weight is 308 g/mol. The molecular formula is C9H10ClN3O3S2. The first kappa shape index (κ1) is 12.3. The fourth-order valence-electron chi connectivity index (χ4n) is 1.88. The molecule has 2 heterocycles. The van der Waals surface area contributed by atoms with E-state index in [1.807, 2.05) is 0 Å². The molecule has 1 aromatic heterocycles. The summed E-state index contributed by atoms with van der Waals surface area (Å²) >= 11 is 1.36. The van der Waals surface area contributed by atoms with Gasteiger partial charge in [0.2, 0.25) is 20.1 Å². The summed E-state index contributed by atoms with van der Waals surface area (Å²) in [6.07, 6.45) is 2.15. The molecule has 18 heavy (non-hydrogen) atoms. The quantitative estimate of drug-likeness (QED) is 0.781. The summed E-state index contributed by atoms with van der Waals surface area (Å²) in [4.78, 5) is 13.1. The maximum absolute atomic E-state index is 11.8. The van der Waals surface area contributed by atoms with E-state index in [4.69, 9.17) is 10.7 Å². The van der Waals surface area contributed by atoms with Crippen LogP contribution in [0, 0.1) is 0 Å². The van der Waals surface area contributed by atoms with E-state index in [1.165, 1.54) is 16.2 Å². The molecule has 0 radical (unpaired) electrons. The fraction of sp³-hybridized carbons (Fsp3) is 0.667. The number of amides is 1. The largest absolute Gasteiger partial charge is 0.285 e. The number of hydrogen-bond acceptors (Lipinski definition) is 6. The molecular weight excluding hydrogens is 298 g/mol. The van der Waals surface area contributed by atoms with Crippen molar-refractivity contribution in [1.82, 2.24) is 10.2 Å². The molecule has 0 bridgehead atoms. The summed E-state index contributed by atoms with van der Waals surface area (Å²) in [5.41, 5.74) is 0. The number of aromatic nitrogens is 2. The van der Waals surface area contributed by atoms with Crippen molar-refractivity contribution in [2.24, 2.45) is 0 Å². The van der Waals surface area contributed by atoms with Gasteiger partial charge in [-0.2, -0.15) is 0 Å². The molecule has 1 unspecified atom stereocenters. The molecule has 0 aromatic carbocycles. The Kier molecular flexibility index (Phi) is 2.83. The fourth-order valence-corrected chi connectivity index (χ4v) is 3.95. The lowest BCUT2D eigenvalue weighted by Gasteiger charge is -2.10. The lowest BCUT2D eigenvalue weighted by molar-refractivity contribution is -0.117. The smallest absolute Gasteiger partial charge is 0.237 e. The van der Waals surface area contributed by atoms with Crippen molar-refractivity contribution in [3.8, 4) is 0 Å². The maximum Gasteiger partial charge on any atom is 0.237 e. The summed E-state index contributed by atoms with van der Waals surface area (Å²) in [5.74, 6) is 0.212. The maximum atomic E-state index is 11.8. The molecule has 0 spiro atoms. The third-order valence-corrected chi connectivity index (χ3v) is 6.05. The number of nitrogens with zero attached hydrogens (tertiary/aromatic N) is 3. The Morgan fingerprint density at radius 2 is 2.06 bits per heavy atom. The highest BCUT2D eigenvalue weighted by atomic mass is 35.7. The Hall–Kier alpha value is -0.730. The summed E-state index contributed by atoms with van der Waals surface area (Å²) in [6.45, 7) is 0.0734. The molecule has 1 atom stereocenters. The second-order valence-corrected chi connectivity index (χ2v) is 8.40. The topological polar surface area (TPSA) is 80.2 Å². The number of halogens is 1. The van der Waals surface area contributed by atoms with E-state index in [-0.39, 0.29) is 18.9 Å². The lowest BCUT2D eigenvalue weighted by atomic mass is 10.4. The first-order valence-corrected chi connectivity index (χ1v) is 8.71. The van der Waals surface area contributed by atoms with Gasteiger partial charge in [0.25, 0.3) is 0 Å². The van der Waals surface area contributed by atoms with Crippen LogP contribution in [0.1, 0.15) is 30.2 Å². The van der Waals surface area contributed by atoms with Crippen LogP contribution in [0.4, 0.5) is 5.13 Å². The molecule has 1 aliphatic heterocycles. The van der Waals surface area contributed by atoms with E-state index in [2.05, 4.69) is 10.2 Å². The van der Waals surface area contributed by atoms with Crippen molar-refractivity contribution in [3.05, 3.63) is 5.01 Å². The molecule has 1 saturated carbocycles. The first-order valence-electron chi connectivity index (χ1n) is 5.52. The van der Waals surface area contributed by atoms with E-state index in [1.54, 1.807) is 0 Å². The third kappa shape index (κ3) is 2.24. The molecule has 0 N–H and O–H groups in total. The van der Waals surface area contributed by atoms with Crippen LogP contribution < -0.4 is 4.90 Å². The average Bonchev–Trinajstić information content (AvgIpc) is 2.86. The van der Waals surface area contributed by atoms with Crippen LogP contribution in [0.2, 0.25) is 0 Å². The van der Waals surface area contributed by atoms with E-state index in [0.29, 0.717) is 11.0 Å². The predicted molar refractivity (Wildman–Crippen MR) is 67.4 cm³/mol. The highest BCUT2D eigenvalue weighted by Gasteiger charge is 2.40. The summed E-state index contributed by atoms with van der Waals surface area (Å²) < 4.78 is 22.5. The Labute approximate surface area is 112 Å². The Morgan fingerprint density at radius 3 is 2.61 bits per heavy atom. The molecule has 1 amide bonds. The molecule has 6 nitrogen and oxygen atoms in total. The number of carbonyl (C=O) groups excluding carboxylic acids is 1. The van der Waals surface area contributed by atoms with Crippen LogP contribution in [0.15, 0.2) is 0 Å². The van der Waals surface area contributed by atoms with Gasteiger partial charge in [-0.25, -0.2) is 8.42 Å². The van der Waals surface area contributed by atoms with Crippen LogP contribution in [0.25, 0.3) is 0 Å². The van der Waals surface area contributed by atoms with Crippen LogP contribution >= 0.6 is 22.0 Å². The van der Waals surface area contributed by atoms with Crippen molar-refractivity contribution in [1.29, 1.82) is 0 Å². The zero-order valence-corrected chi connectivity index (χ0v) is 11.6. The minimum Gasteiger partial charge on any atom is -0.285 e. The van der Waals surface area contributed by atoms with Gasteiger partial charge >= 0.3 is 0 Å². The van der Waals surface area contributed by atoms with Gasteiger partial charge in [0.15, 0.2) is 0 Å². The van der Waals surface area contributed by atoms with Crippen molar-refractivity contribution >= 4 is 42.1 Å². The third-order valence-electron chi connectivity index (χ3n) is 3.08. The first-order chi connectivity index (χ1) is 8.45. The van der Waals surface area contributed by atoms with Gasteiger partial charge < -0.3 is 0 Å². The van der Waals surface area contributed by atoms with Crippen molar-refractivity contribution in [2.45, 2.75) is 30.4 Å². The zero-order valence-electron chi connectivity index (χ0n) is 9.24. The van der Waals surface area contributed by atoms with E-state index < -0.39 is 14.3 Å². The van der Waals surface area contributed by atoms with Gasteiger partial charge in [-0.1, -0.05) is 11.3 Å². The SMILES string of the molecule is O=C1CC(S(=O)(=O)Cl)CN1c1nnc(C2CC2)s1. The zero-order chi connectivity index (χ0) is 12.9. The van der Waals surface area contributed by atoms with Gasteiger partial charge in [0, 0.05) is 29.6 Å². The van der Waals surface area contributed by atoms with Gasteiger partial charge in [0.1, 0.15) is 10.3 Å². The molecule has 1 aromatic rings. The number of carbonyl (C=O) groups is 1. The number of anilines is 1. The molecule has 2 fully saturated rings. The second-order valence-electron chi connectivity index (χ2n) is 4.50. The normalized spacial score (nSPS) is 24.8. The Balaban J connectivity index is 1.81. The van der Waals surface area contributed by atoms with E-state index in [9.17, 15) is 13.2 Å². The molecule has 3 rings (SSSR count). The van der Waals surface area contributed by atoms with E-state index >= 15 is 0 Å². The molecule has 98 valence electrons. The minimum atomic E-state index is -3.71. The monoisotopic (exact) mass is 307 g/mol. The second kappa shape index (κ2) is 4.14. The summed E-state index contributed by atoms with van der Waals surface area (Å²) in [6, 6.07) is 0. The number of rotatable bonds is 3. The molecule has 9 heteroatoms. The van der Waals surface area contributed by atoms with Crippen LogP contribution in [-0.2, 0) is 13.8 Å². The predicted octanol–water partition coefficient (Wildman–Crippen LogP) is 1.09. The van der Waals surface area contributed by atoms with Crippen LogP contribution in [0.5, 0.6) is 0 Å². The summed E-state index contributed by atoms with van der Waals surface area (Å²) in [7, 11) is 1.58. The van der Waals surface area contributed by atoms with Gasteiger partial charge in [-0.05, 0) is 12.8 Å². The van der Waals surface area contributed by atoms with Gasteiger partial charge in [-0.3, -0.25) is 9.69 Å². The standard InChI is InChI=1S/C9H10ClN3O3S2/c10-18(15,16)6-3-7(14)13(4-6)9-12-11-8(17-9)5-1-2-5/h5-6H,1-4H2. The van der Waals surface area contributed by atoms with E-state index in [0.717, 1.165) is 17.8 Å². The summed E-state index contributed by atoms with van der Waals surface area (Å²) in [5, 5.41) is 8.55. The molecule has 1 saturated heterocycles. The van der Waals surface area contributed by atoms with Crippen LogP contribution in [-0.4, -0.2) is 36.3 Å². The van der Waals surface area contributed by atoms with Crippen molar-refractivity contribution in [3.63, 3.8) is 0 Å². The van der Waals surface area contributed by atoms with Gasteiger partial charge in [-0.15, -0.1) is 10.2 Å². The Morgan fingerprint density at radius 1 is 1.33 bits per heavy atom. The number of hydrogen-bond donors (Lipinski definition) is 0. The van der Waals surface area contributed by atoms with Crippen molar-refractivity contribution < 1.29 is 13.2 Å². The van der Waals surface area contributed by atoms with Crippen molar-refractivity contribution in [2.75, 3.05) is 11.4 Å². The highest BCUT2D eigenvalue weighted by Crippen LogP contribution is 2.43. The molecule has 1 aliphatic carbocycles. The Bertz CT molecular complexity index is 596. The lowest BCUT2D eigenvalue weighted by Crippen LogP contribution is -2.26.